The van der Waals surface area contributed by atoms with E-state index in [1.165, 1.54) is 52.4 Å². The van der Waals surface area contributed by atoms with Gasteiger partial charge in [0.1, 0.15) is 0 Å². The third-order valence-electron chi connectivity index (χ3n) is 6.33. The number of esters is 2. The summed E-state index contributed by atoms with van der Waals surface area (Å²) >= 11 is 0. The highest BCUT2D eigenvalue weighted by molar-refractivity contribution is 5.66. The Labute approximate surface area is 132 Å². The van der Waals surface area contributed by atoms with Gasteiger partial charge in [0.05, 0.1) is 13.2 Å². The molecule has 0 saturated heterocycles. The molecule has 4 nitrogen and oxygen atoms in total. The van der Waals surface area contributed by atoms with Gasteiger partial charge in [-0.2, -0.15) is 0 Å². The zero-order chi connectivity index (χ0) is 16.0. The molecule has 4 aliphatic rings. The van der Waals surface area contributed by atoms with E-state index < -0.39 is 0 Å². The summed E-state index contributed by atoms with van der Waals surface area (Å²) in [4.78, 5) is 22.6. The van der Waals surface area contributed by atoms with Crippen LogP contribution in [0, 0.1) is 22.2 Å². The number of hydrogen-bond donors (Lipinski definition) is 0. The second-order valence-corrected chi connectivity index (χ2v) is 8.42. The number of hydrogen-bond acceptors (Lipinski definition) is 4. The van der Waals surface area contributed by atoms with Gasteiger partial charge in [0.2, 0.25) is 0 Å². The molecule has 4 aliphatic carbocycles. The van der Waals surface area contributed by atoms with Crippen LogP contribution in [-0.4, -0.2) is 25.2 Å². The molecule has 0 amide bonds. The molecule has 4 heteroatoms. The quantitative estimate of drug-likeness (QED) is 0.730. The first kappa shape index (κ1) is 15.8. The summed E-state index contributed by atoms with van der Waals surface area (Å²) < 4.78 is 10.9. The standard InChI is InChI=1S/C18H28O4/c1-4-16-5-15-6-17(8-16,11-21-13(2)19)10-18(7-15,9-16)12-22-14(3)20/h15H,4-12H2,1-3H3. The highest BCUT2D eigenvalue weighted by Gasteiger charge is 2.63. The molecule has 0 N–H and O–H groups in total. The van der Waals surface area contributed by atoms with E-state index in [0.29, 0.717) is 24.5 Å². The summed E-state index contributed by atoms with van der Waals surface area (Å²) in [7, 11) is 0. The molecule has 4 bridgehead atoms. The van der Waals surface area contributed by atoms with Crippen molar-refractivity contribution in [1.29, 1.82) is 0 Å². The fourth-order valence-electron chi connectivity index (χ4n) is 6.29. The van der Waals surface area contributed by atoms with Gasteiger partial charge >= 0.3 is 11.9 Å². The molecule has 22 heavy (non-hydrogen) atoms. The van der Waals surface area contributed by atoms with E-state index >= 15 is 0 Å². The Morgan fingerprint density at radius 2 is 1.27 bits per heavy atom. The summed E-state index contributed by atoms with van der Waals surface area (Å²) in [5.74, 6) is 0.327. The fraction of sp³-hybridized carbons (Fsp3) is 0.889. The number of carbonyl (C=O) groups excluding carboxylic acids is 2. The first-order valence-corrected chi connectivity index (χ1v) is 8.57. The van der Waals surface area contributed by atoms with E-state index in [0.717, 1.165) is 6.42 Å². The van der Waals surface area contributed by atoms with Crippen LogP contribution in [0.1, 0.15) is 65.7 Å². The molecule has 2 atom stereocenters. The van der Waals surface area contributed by atoms with Crippen LogP contribution < -0.4 is 0 Å². The van der Waals surface area contributed by atoms with Gasteiger partial charge in [-0.1, -0.05) is 13.3 Å². The lowest BCUT2D eigenvalue weighted by molar-refractivity contribution is -0.200. The minimum Gasteiger partial charge on any atom is -0.465 e. The molecule has 0 aliphatic heterocycles. The van der Waals surface area contributed by atoms with Gasteiger partial charge in [0, 0.05) is 24.7 Å². The van der Waals surface area contributed by atoms with Crippen molar-refractivity contribution in [1.82, 2.24) is 0 Å². The van der Waals surface area contributed by atoms with Crippen molar-refractivity contribution >= 4 is 11.9 Å². The van der Waals surface area contributed by atoms with Crippen LogP contribution in [0.3, 0.4) is 0 Å². The Bertz CT molecular complexity index is 449. The van der Waals surface area contributed by atoms with E-state index in [-0.39, 0.29) is 22.8 Å². The van der Waals surface area contributed by atoms with Crippen LogP contribution in [0.5, 0.6) is 0 Å². The second kappa shape index (κ2) is 5.24. The average molecular weight is 308 g/mol. The first-order valence-electron chi connectivity index (χ1n) is 8.57. The van der Waals surface area contributed by atoms with Crippen molar-refractivity contribution in [2.75, 3.05) is 13.2 Å². The maximum atomic E-state index is 11.3. The van der Waals surface area contributed by atoms with Gasteiger partial charge in [0.25, 0.3) is 0 Å². The monoisotopic (exact) mass is 308 g/mol. The molecular weight excluding hydrogens is 280 g/mol. The lowest BCUT2D eigenvalue weighted by atomic mass is 9.39. The molecule has 2 unspecified atom stereocenters. The zero-order valence-corrected chi connectivity index (χ0v) is 14.1. The molecule has 4 fully saturated rings. The minimum absolute atomic E-state index is 0.112. The van der Waals surface area contributed by atoms with E-state index in [4.69, 9.17) is 9.47 Å². The summed E-state index contributed by atoms with van der Waals surface area (Å²) in [6.45, 7) is 6.35. The van der Waals surface area contributed by atoms with Crippen molar-refractivity contribution in [2.24, 2.45) is 22.2 Å². The molecule has 0 spiro atoms. The number of ether oxygens (including phenoxy) is 2. The van der Waals surface area contributed by atoms with E-state index in [2.05, 4.69) is 6.92 Å². The lowest BCUT2D eigenvalue weighted by Crippen LogP contribution is -2.59. The fourth-order valence-corrected chi connectivity index (χ4v) is 6.29. The zero-order valence-electron chi connectivity index (χ0n) is 14.1. The predicted octanol–water partition coefficient (Wildman–Crippen LogP) is 3.48. The normalized spacial score (nSPS) is 42.2. The van der Waals surface area contributed by atoms with Crippen molar-refractivity contribution in [3.05, 3.63) is 0 Å². The third-order valence-corrected chi connectivity index (χ3v) is 6.33. The van der Waals surface area contributed by atoms with E-state index in [1.807, 2.05) is 0 Å². The molecule has 0 radical (unpaired) electrons. The molecule has 0 heterocycles. The van der Waals surface area contributed by atoms with Crippen molar-refractivity contribution in [3.8, 4) is 0 Å². The van der Waals surface area contributed by atoms with Crippen LogP contribution in [0.15, 0.2) is 0 Å². The summed E-state index contributed by atoms with van der Waals surface area (Å²) in [6, 6.07) is 0. The van der Waals surface area contributed by atoms with Gasteiger partial charge in [-0.05, 0) is 49.9 Å². The number of rotatable bonds is 5. The molecule has 0 aromatic heterocycles. The molecular formula is C18H28O4. The molecule has 4 saturated carbocycles. The first-order chi connectivity index (χ1) is 10.3. The van der Waals surface area contributed by atoms with Crippen LogP contribution >= 0.6 is 0 Å². The van der Waals surface area contributed by atoms with Crippen molar-refractivity contribution in [2.45, 2.75) is 65.7 Å². The van der Waals surface area contributed by atoms with Crippen molar-refractivity contribution < 1.29 is 19.1 Å². The minimum atomic E-state index is -0.185. The smallest absolute Gasteiger partial charge is 0.302 e. The number of carbonyl (C=O) groups is 2. The predicted molar refractivity (Wildman–Crippen MR) is 82.0 cm³/mol. The van der Waals surface area contributed by atoms with Gasteiger partial charge in [-0.3, -0.25) is 9.59 Å². The van der Waals surface area contributed by atoms with E-state index in [9.17, 15) is 9.59 Å². The summed E-state index contributed by atoms with van der Waals surface area (Å²) in [6.07, 6.45) is 8.19. The van der Waals surface area contributed by atoms with Crippen molar-refractivity contribution in [3.63, 3.8) is 0 Å². The highest BCUT2D eigenvalue weighted by atomic mass is 16.5. The summed E-state index contributed by atoms with van der Waals surface area (Å²) in [5, 5.41) is 0. The maximum absolute atomic E-state index is 11.3. The second-order valence-electron chi connectivity index (χ2n) is 8.42. The molecule has 4 rings (SSSR count). The Balaban J connectivity index is 1.84. The Morgan fingerprint density at radius 1 is 0.864 bits per heavy atom. The van der Waals surface area contributed by atoms with Crippen LogP contribution in [0.2, 0.25) is 0 Å². The summed E-state index contributed by atoms with van der Waals surface area (Å²) in [5.41, 5.74) is 0.586. The van der Waals surface area contributed by atoms with Crippen LogP contribution in [0.4, 0.5) is 0 Å². The SMILES string of the molecule is CCC12CC3CC(COC(C)=O)(C1)CC(COC(C)=O)(C3)C2. The van der Waals surface area contributed by atoms with Gasteiger partial charge < -0.3 is 9.47 Å². The largest absolute Gasteiger partial charge is 0.465 e. The van der Waals surface area contributed by atoms with Crippen LogP contribution in [0.25, 0.3) is 0 Å². The third kappa shape index (κ3) is 2.77. The highest BCUT2D eigenvalue weighted by Crippen LogP contribution is 2.70. The average Bonchev–Trinajstić information content (AvgIpc) is 2.42. The van der Waals surface area contributed by atoms with E-state index in [1.54, 1.807) is 0 Å². The maximum Gasteiger partial charge on any atom is 0.302 e. The lowest BCUT2D eigenvalue weighted by Gasteiger charge is -2.66. The molecule has 0 aromatic rings. The van der Waals surface area contributed by atoms with Gasteiger partial charge in [-0.25, -0.2) is 0 Å². The molecule has 0 aromatic carbocycles. The molecule has 124 valence electrons. The van der Waals surface area contributed by atoms with Gasteiger partial charge in [0.15, 0.2) is 0 Å². The Hall–Kier alpha value is -1.06. The Kier molecular flexibility index (Phi) is 3.77. The van der Waals surface area contributed by atoms with Crippen LogP contribution in [-0.2, 0) is 19.1 Å². The Morgan fingerprint density at radius 3 is 1.68 bits per heavy atom. The topological polar surface area (TPSA) is 52.6 Å². The van der Waals surface area contributed by atoms with Gasteiger partial charge in [-0.15, -0.1) is 0 Å².